The Morgan fingerprint density at radius 1 is 1.21 bits per heavy atom. The highest BCUT2D eigenvalue weighted by Crippen LogP contribution is 2.37. The maximum absolute atomic E-state index is 14.8. The van der Waals surface area contributed by atoms with Crippen molar-refractivity contribution in [2.24, 2.45) is 11.1 Å². The van der Waals surface area contributed by atoms with E-state index in [0.29, 0.717) is 35.1 Å². The molecule has 3 N–H and O–H groups in total. The molecule has 0 aliphatic heterocycles. The number of nitrogens with two attached hydrogens (primary N) is 1. The van der Waals surface area contributed by atoms with Gasteiger partial charge in [-0.15, -0.1) is 27.8 Å². The minimum Gasteiger partial charge on any atom is -0.593 e. The Labute approximate surface area is 259 Å². The number of rotatable bonds is 9. The molecule has 218 valence electrons. The number of thiazole rings is 1. The largest absolute Gasteiger partial charge is 0.593 e. The number of aromatic nitrogens is 3. The molecule has 1 aliphatic carbocycles. The number of aryl methyl sites for hydroxylation is 1. The van der Waals surface area contributed by atoms with Crippen LogP contribution in [0.3, 0.4) is 0 Å². The topological polar surface area (TPSA) is 117 Å². The lowest BCUT2D eigenvalue weighted by Gasteiger charge is -2.10. The molecular formula is C32H27FN4O3S3. The van der Waals surface area contributed by atoms with Gasteiger partial charge in [-0.2, -0.15) is 5.10 Å². The van der Waals surface area contributed by atoms with Crippen molar-refractivity contribution in [3.63, 3.8) is 0 Å². The third kappa shape index (κ3) is 6.74. The fourth-order valence-electron chi connectivity index (χ4n) is 4.93. The van der Waals surface area contributed by atoms with Crippen LogP contribution in [0, 0.1) is 30.5 Å². The highest BCUT2D eigenvalue weighted by atomic mass is 32.2. The van der Waals surface area contributed by atoms with Crippen LogP contribution in [0.5, 0.6) is 0 Å². The second-order valence-corrected chi connectivity index (χ2v) is 13.6. The highest BCUT2D eigenvalue weighted by molar-refractivity contribution is 7.89. The first-order chi connectivity index (χ1) is 20.7. The summed E-state index contributed by atoms with van der Waals surface area (Å²) < 4.78 is 28.3. The van der Waals surface area contributed by atoms with E-state index in [2.05, 4.69) is 16.8 Å². The minimum atomic E-state index is -1.93. The van der Waals surface area contributed by atoms with E-state index >= 15 is 0 Å². The van der Waals surface area contributed by atoms with Gasteiger partial charge in [-0.05, 0) is 67.6 Å². The number of hydrogen-bond acceptors (Lipinski definition) is 7. The summed E-state index contributed by atoms with van der Waals surface area (Å²) in [5.74, 6) is 5.40. The normalized spacial score (nSPS) is 13.5. The lowest BCUT2D eigenvalue weighted by molar-refractivity contribution is 0.0691. The second-order valence-electron chi connectivity index (χ2n) is 10.5. The number of nitrogens with zero attached hydrogens (tertiary/aromatic N) is 3. The van der Waals surface area contributed by atoms with E-state index in [1.165, 1.54) is 46.6 Å². The first-order valence-corrected chi connectivity index (χ1v) is 16.6. The van der Waals surface area contributed by atoms with Gasteiger partial charge in [-0.25, -0.2) is 18.9 Å². The van der Waals surface area contributed by atoms with Crippen LogP contribution in [0.2, 0.25) is 0 Å². The van der Waals surface area contributed by atoms with Crippen LogP contribution in [0.1, 0.15) is 61.9 Å². The zero-order valence-electron chi connectivity index (χ0n) is 23.2. The van der Waals surface area contributed by atoms with Crippen molar-refractivity contribution in [1.82, 2.24) is 14.8 Å². The van der Waals surface area contributed by atoms with Gasteiger partial charge in [0.2, 0.25) is 10.0 Å². The molecule has 1 aliphatic rings. The number of carbonyl (C=O) groups is 1. The summed E-state index contributed by atoms with van der Waals surface area (Å²) >= 11 is 0.924. The molecule has 2 aromatic carbocycles. The SMILES string of the molecule is Cc1ccc(C#Cc2cccc(-c3nn(-c4nc(C(=O)O)cs4)c(CCC4CC4)c3Cc3ccc([S+](N)[O-])c(F)c3)c2)s1. The summed E-state index contributed by atoms with van der Waals surface area (Å²) in [4.78, 5) is 18.1. The first-order valence-electron chi connectivity index (χ1n) is 13.7. The van der Waals surface area contributed by atoms with Gasteiger partial charge in [0.1, 0.15) is 0 Å². The Morgan fingerprint density at radius 3 is 2.72 bits per heavy atom. The van der Waals surface area contributed by atoms with Crippen molar-refractivity contribution >= 4 is 40.0 Å². The van der Waals surface area contributed by atoms with Gasteiger partial charge in [-0.1, -0.05) is 42.9 Å². The molecule has 0 saturated heterocycles. The first kappa shape index (κ1) is 29.3. The molecule has 7 nitrogen and oxygen atoms in total. The average Bonchev–Trinajstić information content (AvgIpc) is 3.34. The van der Waals surface area contributed by atoms with Crippen molar-refractivity contribution in [2.45, 2.75) is 43.9 Å². The molecule has 0 spiro atoms. The molecule has 6 rings (SSSR count). The maximum atomic E-state index is 14.8. The van der Waals surface area contributed by atoms with Crippen LogP contribution in [-0.2, 0) is 24.2 Å². The molecule has 3 aromatic heterocycles. The molecule has 0 bridgehead atoms. The van der Waals surface area contributed by atoms with Crippen molar-refractivity contribution < 1.29 is 18.8 Å². The fourth-order valence-corrected chi connectivity index (χ4v) is 6.87. The molecular weight excluding hydrogens is 604 g/mol. The Morgan fingerprint density at radius 2 is 2.05 bits per heavy atom. The van der Waals surface area contributed by atoms with E-state index in [4.69, 9.17) is 10.2 Å². The molecule has 3 heterocycles. The van der Waals surface area contributed by atoms with E-state index < -0.39 is 23.1 Å². The fraction of sp³-hybridized carbons (Fsp3) is 0.219. The van der Waals surface area contributed by atoms with E-state index in [0.717, 1.165) is 33.7 Å². The monoisotopic (exact) mass is 630 g/mol. The predicted molar refractivity (Wildman–Crippen MR) is 168 cm³/mol. The Kier molecular flexibility index (Phi) is 8.47. The number of hydrogen-bond donors (Lipinski definition) is 2. The standard InChI is InChI=1S/C32H27FN4O3S3/c1-19-5-11-24(42-19)12-8-21-3-2-4-23(15-21)30-25(16-22-10-14-29(43(34)40)26(33)17-22)28(13-9-20-6-7-20)37(36-30)32-35-27(18-41-32)31(38)39/h2-5,10-11,14-15,17-18,20H,6-7,9,13,16,34H2,1H3,(H,38,39). The van der Waals surface area contributed by atoms with Crippen molar-refractivity contribution in [1.29, 1.82) is 0 Å². The second kappa shape index (κ2) is 12.4. The summed E-state index contributed by atoms with van der Waals surface area (Å²) in [7, 11) is 0. The smallest absolute Gasteiger partial charge is 0.355 e. The number of aromatic carboxylic acids is 1. The molecule has 1 atom stereocenters. The summed E-state index contributed by atoms with van der Waals surface area (Å²) in [6.07, 6.45) is 4.39. The third-order valence-corrected chi connectivity index (χ3v) is 9.77. The van der Waals surface area contributed by atoms with E-state index in [9.17, 15) is 18.8 Å². The maximum Gasteiger partial charge on any atom is 0.355 e. The van der Waals surface area contributed by atoms with Crippen molar-refractivity contribution in [3.8, 4) is 28.2 Å². The Hall–Kier alpha value is -3.79. The zero-order valence-corrected chi connectivity index (χ0v) is 25.6. The van der Waals surface area contributed by atoms with Gasteiger partial charge in [-0.3, -0.25) is 0 Å². The van der Waals surface area contributed by atoms with Gasteiger partial charge < -0.3 is 9.66 Å². The van der Waals surface area contributed by atoms with Crippen LogP contribution in [0.25, 0.3) is 16.4 Å². The molecule has 1 fully saturated rings. The van der Waals surface area contributed by atoms with E-state index in [1.807, 2.05) is 43.3 Å². The highest BCUT2D eigenvalue weighted by Gasteiger charge is 2.27. The Balaban J connectivity index is 1.48. The number of carboxylic acid groups (broad SMARTS) is 1. The van der Waals surface area contributed by atoms with E-state index in [1.54, 1.807) is 22.1 Å². The quantitative estimate of drug-likeness (QED) is 0.142. The van der Waals surface area contributed by atoms with Crippen LogP contribution in [0.15, 0.2) is 64.9 Å². The van der Waals surface area contributed by atoms with Crippen molar-refractivity contribution in [2.75, 3.05) is 0 Å². The van der Waals surface area contributed by atoms with Gasteiger partial charge in [0, 0.05) is 33.4 Å². The van der Waals surface area contributed by atoms with Gasteiger partial charge >= 0.3 is 5.97 Å². The predicted octanol–water partition coefficient (Wildman–Crippen LogP) is 6.52. The number of carboxylic acids is 1. The molecule has 0 radical (unpaired) electrons. The number of benzene rings is 2. The van der Waals surface area contributed by atoms with Crippen LogP contribution in [0.4, 0.5) is 4.39 Å². The minimum absolute atomic E-state index is 0.0414. The molecule has 0 amide bonds. The summed E-state index contributed by atoms with van der Waals surface area (Å²) in [6.45, 7) is 2.05. The third-order valence-electron chi connectivity index (χ3n) is 7.27. The number of halogens is 1. The van der Waals surface area contributed by atoms with Crippen LogP contribution < -0.4 is 5.14 Å². The number of thiophene rings is 1. The lowest BCUT2D eigenvalue weighted by atomic mass is 9.96. The molecule has 5 aromatic rings. The summed E-state index contributed by atoms with van der Waals surface area (Å²) in [5.41, 5.74) is 4.80. The van der Waals surface area contributed by atoms with E-state index in [-0.39, 0.29) is 10.6 Å². The lowest BCUT2D eigenvalue weighted by Crippen LogP contribution is -2.14. The van der Waals surface area contributed by atoms with Crippen LogP contribution >= 0.6 is 22.7 Å². The van der Waals surface area contributed by atoms with Gasteiger partial charge in [0.15, 0.2) is 11.5 Å². The molecule has 11 heteroatoms. The molecule has 1 unspecified atom stereocenters. The average molecular weight is 631 g/mol. The Bertz CT molecular complexity index is 1880. The summed E-state index contributed by atoms with van der Waals surface area (Å²) in [6, 6.07) is 16.4. The van der Waals surface area contributed by atoms with Gasteiger partial charge in [0.25, 0.3) is 0 Å². The molecule has 1 saturated carbocycles. The van der Waals surface area contributed by atoms with Gasteiger partial charge in [0.05, 0.1) is 27.6 Å². The summed E-state index contributed by atoms with van der Waals surface area (Å²) in [5, 5.41) is 21.9. The zero-order chi connectivity index (χ0) is 30.1. The van der Waals surface area contributed by atoms with Crippen molar-refractivity contribution in [3.05, 3.63) is 104 Å². The molecule has 43 heavy (non-hydrogen) atoms. The van der Waals surface area contributed by atoms with Crippen LogP contribution in [-0.4, -0.2) is 30.4 Å².